The molecule has 0 radical (unpaired) electrons. The van der Waals surface area contributed by atoms with Gasteiger partial charge in [-0.3, -0.25) is 10.2 Å². The summed E-state index contributed by atoms with van der Waals surface area (Å²) in [5.41, 5.74) is 2.30. The molecule has 1 heterocycles. The number of rotatable bonds is 5. The van der Waals surface area contributed by atoms with Crippen molar-refractivity contribution in [2.24, 2.45) is 5.84 Å². The molecule has 0 atom stereocenters. The molecule has 0 spiro atoms. The normalized spacial score (nSPS) is 16.2. The van der Waals surface area contributed by atoms with E-state index in [-0.39, 0.29) is 12.6 Å². The van der Waals surface area contributed by atoms with Crippen LogP contribution in [0.25, 0.3) is 0 Å². The molecule has 1 aliphatic rings. The molecule has 1 amide bonds. The minimum Gasteiger partial charge on any atom is -0.288 e. The van der Waals surface area contributed by atoms with Crippen LogP contribution >= 0.6 is 11.3 Å². The van der Waals surface area contributed by atoms with E-state index in [0.29, 0.717) is 12.8 Å². The van der Waals surface area contributed by atoms with E-state index in [9.17, 15) is 13.6 Å². The van der Waals surface area contributed by atoms with Crippen molar-refractivity contribution in [3.8, 4) is 0 Å². The molecule has 1 saturated carbocycles. The number of carbonyl (C=O) groups is 1. The molecule has 0 bridgehead atoms. The molecule has 0 aromatic carbocycles. The Hall–Kier alpha value is -1.05. The fourth-order valence-electron chi connectivity index (χ4n) is 1.64. The van der Waals surface area contributed by atoms with Crippen molar-refractivity contribution in [2.45, 2.75) is 31.5 Å². The lowest BCUT2D eigenvalue weighted by atomic mass is 10.3. The fraction of sp³-hybridized carbons (Fsp3) is 0.500. The molecule has 0 aliphatic heterocycles. The van der Waals surface area contributed by atoms with Crippen LogP contribution in [-0.4, -0.2) is 22.9 Å². The van der Waals surface area contributed by atoms with Crippen molar-refractivity contribution in [2.75, 3.05) is 0 Å². The van der Waals surface area contributed by atoms with Crippen molar-refractivity contribution in [3.63, 3.8) is 0 Å². The highest BCUT2D eigenvalue weighted by Gasteiger charge is 2.51. The number of hydrogen-bond donors (Lipinski definition) is 2. The van der Waals surface area contributed by atoms with E-state index < -0.39 is 12.0 Å². The maximum Gasteiger partial charge on any atom is 0.385 e. The van der Waals surface area contributed by atoms with Crippen molar-refractivity contribution in [3.05, 3.63) is 22.4 Å². The lowest BCUT2D eigenvalue weighted by Crippen LogP contribution is -2.55. The second-order valence-corrected chi connectivity index (χ2v) is 4.79. The molecule has 17 heavy (non-hydrogen) atoms. The maximum absolute atomic E-state index is 13.8. The largest absolute Gasteiger partial charge is 0.385 e. The van der Waals surface area contributed by atoms with Gasteiger partial charge < -0.3 is 0 Å². The molecular weight excluding hydrogens is 248 g/mol. The minimum atomic E-state index is -3.56. The van der Waals surface area contributed by atoms with Gasteiger partial charge in [-0.1, -0.05) is 0 Å². The summed E-state index contributed by atoms with van der Waals surface area (Å²) in [6.07, 6.45) is 1.38. The summed E-state index contributed by atoms with van der Waals surface area (Å²) in [7, 11) is 0. The van der Waals surface area contributed by atoms with Gasteiger partial charge in [0, 0.05) is 12.6 Å². The number of hydrazine groups is 1. The SMILES string of the molecule is NNC(=O)C(F)(F)N(Cc1ccsc1)C1CC1. The van der Waals surface area contributed by atoms with Crippen molar-refractivity contribution < 1.29 is 13.6 Å². The van der Waals surface area contributed by atoms with Gasteiger partial charge >= 0.3 is 12.0 Å². The third-order valence-corrected chi connectivity index (χ3v) is 3.42. The van der Waals surface area contributed by atoms with Gasteiger partial charge in [0.25, 0.3) is 0 Å². The predicted octanol–water partition coefficient (Wildman–Crippen LogP) is 1.30. The summed E-state index contributed by atoms with van der Waals surface area (Å²) < 4.78 is 27.6. The molecule has 1 aromatic rings. The summed E-state index contributed by atoms with van der Waals surface area (Å²) in [6, 6.07) is -2.02. The lowest BCUT2D eigenvalue weighted by molar-refractivity contribution is -0.182. The number of nitrogens with two attached hydrogens (primary N) is 1. The van der Waals surface area contributed by atoms with Gasteiger partial charge in [-0.25, -0.2) is 10.7 Å². The molecule has 1 aromatic heterocycles. The Morgan fingerprint density at radius 1 is 1.65 bits per heavy atom. The molecule has 1 fully saturated rings. The van der Waals surface area contributed by atoms with Crippen LogP contribution in [0.2, 0.25) is 0 Å². The average molecular weight is 261 g/mol. The van der Waals surface area contributed by atoms with E-state index in [0.717, 1.165) is 10.5 Å². The van der Waals surface area contributed by atoms with Crippen molar-refractivity contribution >= 4 is 17.2 Å². The monoisotopic (exact) mass is 261 g/mol. The number of nitrogens with one attached hydrogen (secondary N) is 1. The summed E-state index contributed by atoms with van der Waals surface area (Å²) >= 11 is 1.44. The second-order valence-electron chi connectivity index (χ2n) is 4.01. The van der Waals surface area contributed by atoms with Crippen LogP contribution in [0.1, 0.15) is 18.4 Å². The van der Waals surface area contributed by atoms with E-state index in [1.807, 2.05) is 5.38 Å². The van der Waals surface area contributed by atoms with Crippen LogP contribution in [0.5, 0.6) is 0 Å². The second kappa shape index (κ2) is 4.67. The zero-order valence-electron chi connectivity index (χ0n) is 9.03. The summed E-state index contributed by atoms with van der Waals surface area (Å²) in [6.45, 7) is 0.0641. The van der Waals surface area contributed by atoms with E-state index in [1.54, 1.807) is 11.4 Å². The van der Waals surface area contributed by atoms with Gasteiger partial charge in [-0.2, -0.15) is 20.1 Å². The van der Waals surface area contributed by atoms with E-state index in [4.69, 9.17) is 5.84 Å². The summed E-state index contributed by atoms with van der Waals surface area (Å²) in [5.74, 6) is 3.33. The first-order valence-corrected chi connectivity index (χ1v) is 6.16. The number of halogens is 2. The average Bonchev–Trinajstić information content (AvgIpc) is 3.01. The Morgan fingerprint density at radius 3 is 2.82 bits per heavy atom. The minimum absolute atomic E-state index is 0.0641. The number of carbonyl (C=O) groups excluding carboxylic acids is 1. The molecular formula is C10H13F2N3OS. The first kappa shape index (κ1) is 12.4. The van der Waals surface area contributed by atoms with Gasteiger partial charge in [-0.15, -0.1) is 0 Å². The molecule has 2 rings (SSSR count). The molecule has 4 nitrogen and oxygen atoms in total. The van der Waals surface area contributed by atoms with Gasteiger partial charge in [0.1, 0.15) is 0 Å². The quantitative estimate of drug-likeness (QED) is 0.363. The maximum atomic E-state index is 13.8. The van der Waals surface area contributed by atoms with Crippen LogP contribution in [0.4, 0.5) is 8.78 Å². The van der Waals surface area contributed by atoms with E-state index in [1.165, 1.54) is 16.8 Å². The number of thiophene rings is 1. The number of alkyl halides is 2. The van der Waals surface area contributed by atoms with E-state index in [2.05, 4.69) is 0 Å². The number of hydrogen-bond acceptors (Lipinski definition) is 4. The molecule has 0 unspecified atom stereocenters. The third kappa shape index (κ3) is 2.62. The van der Waals surface area contributed by atoms with Gasteiger partial charge in [-0.05, 0) is 35.2 Å². The highest BCUT2D eigenvalue weighted by atomic mass is 32.1. The zero-order valence-corrected chi connectivity index (χ0v) is 9.84. The molecule has 0 saturated heterocycles. The topological polar surface area (TPSA) is 58.4 Å². The highest BCUT2D eigenvalue weighted by Crippen LogP contribution is 2.36. The Morgan fingerprint density at radius 2 is 2.35 bits per heavy atom. The standard InChI is InChI=1S/C10H13F2N3OS/c11-10(12,9(16)14-13)15(8-1-2-8)5-7-3-4-17-6-7/h3-4,6,8H,1-2,5,13H2,(H,14,16). The highest BCUT2D eigenvalue weighted by molar-refractivity contribution is 7.07. The Kier molecular flexibility index (Phi) is 3.41. The molecule has 3 N–H and O–H groups in total. The van der Waals surface area contributed by atoms with Gasteiger partial charge in [0.15, 0.2) is 0 Å². The van der Waals surface area contributed by atoms with Crippen LogP contribution in [0.15, 0.2) is 16.8 Å². The van der Waals surface area contributed by atoms with E-state index >= 15 is 0 Å². The first-order valence-electron chi connectivity index (χ1n) is 5.22. The van der Waals surface area contributed by atoms with Crippen molar-refractivity contribution in [1.82, 2.24) is 10.3 Å². The Bertz CT molecular complexity index is 392. The lowest BCUT2D eigenvalue weighted by Gasteiger charge is -2.29. The summed E-state index contributed by atoms with van der Waals surface area (Å²) in [4.78, 5) is 12.0. The summed E-state index contributed by atoms with van der Waals surface area (Å²) in [5, 5.41) is 3.62. The fourth-order valence-corrected chi connectivity index (χ4v) is 2.30. The van der Waals surface area contributed by atoms with Crippen LogP contribution < -0.4 is 11.3 Å². The Balaban J connectivity index is 2.14. The number of amides is 1. The molecule has 7 heteroatoms. The molecule has 94 valence electrons. The predicted molar refractivity (Wildman–Crippen MR) is 60.2 cm³/mol. The third-order valence-electron chi connectivity index (χ3n) is 2.69. The Labute approximate surface area is 101 Å². The van der Waals surface area contributed by atoms with Gasteiger partial charge in [0.2, 0.25) is 0 Å². The molecule has 1 aliphatic carbocycles. The zero-order chi connectivity index (χ0) is 12.5. The first-order chi connectivity index (χ1) is 8.05. The van der Waals surface area contributed by atoms with Crippen LogP contribution in [-0.2, 0) is 11.3 Å². The van der Waals surface area contributed by atoms with Crippen LogP contribution in [0.3, 0.4) is 0 Å². The smallest absolute Gasteiger partial charge is 0.288 e. The van der Waals surface area contributed by atoms with Gasteiger partial charge in [0.05, 0.1) is 0 Å². The van der Waals surface area contributed by atoms with Crippen molar-refractivity contribution in [1.29, 1.82) is 0 Å². The van der Waals surface area contributed by atoms with Crippen LogP contribution in [0, 0.1) is 0 Å². The number of nitrogens with zero attached hydrogens (tertiary/aromatic N) is 1.